The number of aryl methyl sites for hydroxylation is 1. The highest BCUT2D eigenvalue weighted by Crippen LogP contribution is 2.44. The minimum absolute atomic E-state index is 0.0418. The van der Waals surface area contributed by atoms with Crippen LogP contribution in [0.25, 0.3) is 11.1 Å². The predicted molar refractivity (Wildman–Crippen MR) is 136 cm³/mol. The average molecular weight is 478 g/mol. The van der Waals surface area contributed by atoms with E-state index in [1.54, 1.807) is 0 Å². The molecule has 5 nitrogen and oxygen atoms in total. The Labute approximate surface area is 203 Å². The molecule has 34 heavy (non-hydrogen) atoms. The lowest BCUT2D eigenvalue weighted by Gasteiger charge is -2.41. The van der Waals surface area contributed by atoms with E-state index in [0.717, 1.165) is 19.3 Å². The lowest BCUT2D eigenvalue weighted by atomic mass is 9.80. The summed E-state index contributed by atoms with van der Waals surface area (Å²) in [5, 5.41) is 0.0418. The molecule has 3 aromatic rings. The van der Waals surface area contributed by atoms with Crippen LogP contribution in [-0.4, -0.2) is 26.4 Å². The summed E-state index contributed by atoms with van der Waals surface area (Å²) in [6.07, 6.45) is 3.98. The Morgan fingerprint density at radius 3 is 2.50 bits per heavy atom. The molecule has 0 saturated heterocycles. The van der Waals surface area contributed by atoms with Crippen LogP contribution in [0.5, 0.6) is 0 Å². The number of nitrogens with zero attached hydrogens (tertiary/aromatic N) is 1. The SMILES string of the molecule is COC(=O)c1cnc(C(O[Si](C)(C)C(C)(C)C)C2CCc3cc(-c4ccccc4)ccc3C2)o1. The van der Waals surface area contributed by atoms with Crippen LogP contribution in [0.1, 0.15) is 60.9 Å². The van der Waals surface area contributed by atoms with Crippen molar-refractivity contribution in [2.24, 2.45) is 5.92 Å². The summed E-state index contributed by atoms with van der Waals surface area (Å²) >= 11 is 0. The van der Waals surface area contributed by atoms with Crippen LogP contribution in [0.4, 0.5) is 0 Å². The fourth-order valence-electron chi connectivity index (χ4n) is 4.31. The highest BCUT2D eigenvalue weighted by molar-refractivity contribution is 6.74. The number of esters is 1. The minimum Gasteiger partial charge on any atom is -0.463 e. The fraction of sp³-hybridized carbons (Fsp3) is 0.429. The third-order valence-corrected chi connectivity index (χ3v) is 11.8. The Morgan fingerprint density at radius 1 is 1.09 bits per heavy atom. The van der Waals surface area contributed by atoms with Crippen molar-refractivity contribution in [3.63, 3.8) is 0 Å². The normalized spacial score (nSPS) is 17.2. The van der Waals surface area contributed by atoms with E-state index in [4.69, 9.17) is 13.6 Å². The van der Waals surface area contributed by atoms with Crippen molar-refractivity contribution < 1.29 is 18.4 Å². The molecule has 0 N–H and O–H groups in total. The summed E-state index contributed by atoms with van der Waals surface area (Å²) < 4.78 is 17.6. The van der Waals surface area contributed by atoms with Gasteiger partial charge in [-0.3, -0.25) is 0 Å². The maximum Gasteiger partial charge on any atom is 0.375 e. The summed E-state index contributed by atoms with van der Waals surface area (Å²) in [4.78, 5) is 16.5. The Bertz CT molecular complexity index is 1150. The van der Waals surface area contributed by atoms with Gasteiger partial charge in [0.15, 0.2) is 8.32 Å². The smallest absolute Gasteiger partial charge is 0.375 e. The second kappa shape index (κ2) is 9.51. The van der Waals surface area contributed by atoms with E-state index in [0.29, 0.717) is 5.89 Å². The van der Waals surface area contributed by atoms with E-state index in [2.05, 4.69) is 81.3 Å². The van der Waals surface area contributed by atoms with E-state index in [1.807, 2.05) is 6.07 Å². The van der Waals surface area contributed by atoms with Gasteiger partial charge < -0.3 is 13.6 Å². The minimum atomic E-state index is -2.12. The van der Waals surface area contributed by atoms with Gasteiger partial charge in [0.05, 0.1) is 13.3 Å². The second-order valence-corrected chi connectivity index (χ2v) is 15.5. The Morgan fingerprint density at radius 2 is 1.82 bits per heavy atom. The first-order chi connectivity index (χ1) is 16.1. The molecule has 0 spiro atoms. The van der Waals surface area contributed by atoms with Crippen molar-refractivity contribution in [2.75, 3.05) is 7.11 Å². The zero-order valence-electron chi connectivity index (χ0n) is 21.1. The van der Waals surface area contributed by atoms with Crippen LogP contribution in [0, 0.1) is 5.92 Å². The van der Waals surface area contributed by atoms with Crippen molar-refractivity contribution in [2.45, 2.75) is 64.3 Å². The zero-order chi connectivity index (χ0) is 24.5. The molecule has 0 saturated carbocycles. The number of benzene rings is 2. The molecule has 0 radical (unpaired) electrons. The Balaban J connectivity index is 1.63. The maximum absolute atomic E-state index is 12.0. The van der Waals surface area contributed by atoms with E-state index in [-0.39, 0.29) is 22.8 Å². The predicted octanol–water partition coefficient (Wildman–Crippen LogP) is 7.00. The van der Waals surface area contributed by atoms with Crippen molar-refractivity contribution in [3.05, 3.63) is 77.5 Å². The van der Waals surface area contributed by atoms with Gasteiger partial charge in [0.1, 0.15) is 6.10 Å². The van der Waals surface area contributed by atoms with Crippen molar-refractivity contribution in [3.8, 4) is 11.1 Å². The first-order valence-electron chi connectivity index (χ1n) is 12.0. The van der Waals surface area contributed by atoms with Gasteiger partial charge in [-0.2, -0.15) is 0 Å². The second-order valence-electron chi connectivity index (χ2n) is 10.7. The summed E-state index contributed by atoms with van der Waals surface area (Å²) in [6.45, 7) is 11.2. The molecule has 180 valence electrons. The number of carbonyl (C=O) groups excluding carboxylic acids is 1. The molecule has 1 aliphatic carbocycles. The molecule has 1 heterocycles. The quantitative estimate of drug-likeness (QED) is 0.283. The van der Waals surface area contributed by atoms with Crippen LogP contribution in [0.3, 0.4) is 0 Å². The number of carbonyl (C=O) groups is 1. The van der Waals surface area contributed by atoms with Crippen molar-refractivity contribution in [1.29, 1.82) is 0 Å². The first kappa shape index (κ1) is 24.4. The Kier molecular flexibility index (Phi) is 6.83. The molecule has 1 aliphatic rings. The molecule has 2 atom stereocenters. The number of hydrogen-bond donors (Lipinski definition) is 0. The van der Waals surface area contributed by atoms with Crippen LogP contribution in [0.15, 0.2) is 59.1 Å². The molecule has 0 aliphatic heterocycles. The highest BCUT2D eigenvalue weighted by Gasteiger charge is 2.43. The summed E-state index contributed by atoms with van der Waals surface area (Å²) in [5.41, 5.74) is 5.23. The van der Waals surface area contributed by atoms with Gasteiger partial charge in [-0.05, 0) is 65.6 Å². The van der Waals surface area contributed by atoms with Crippen molar-refractivity contribution >= 4 is 14.3 Å². The number of methoxy groups -OCH3 is 1. The van der Waals surface area contributed by atoms with Gasteiger partial charge in [-0.25, -0.2) is 9.78 Å². The first-order valence-corrected chi connectivity index (χ1v) is 14.9. The molecular formula is C28H35NO4Si. The molecule has 0 fully saturated rings. The van der Waals surface area contributed by atoms with Gasteiger partial charge in [-0.15, -0.1) is 0 Å². The standard InChI is InChI=1S/C28H35NO4Si/c1-28(2,3)34(5,6)33-25(26-29-18-24(32-26)27(30)31-4)23-15-14-21-16-20(12-13-22(21)17-23)19-10-8-7-9-11-19/h7-13,16,18,23,25H,14-15,17H2,1-6H3. The van der Waals surface area contributed by atoms with E-state index < -0.39 is 14.3 Å². The van der Waals surface area contributed by atoms with E-state index in [1.165, 1.54) is 35.6 Å². The van der Waals surface area contributed by atoms with Crippen LogP contribution in [-0.2, 0) is 22.0 Å². The summed E-state index contributed by atoms with van der Waals surface area (Å²) in [7, 11) is -0.779. The summed E-state index contributed by atoms with van der Waals surface area (Å²) in [5.74, 6) is 0.283. The molecule has 4 rings (SSSR count). The van der Waals surface area contributed by atoms with E-state index in [9.17, 15) is 4.79 Å². The summed E-state index contributed by atoms with van der Waals surface area (Å²) in [6, 6.07) is 17.3. The fourth-order valence-corrected chi connectivity index (χ4v) is 5.59. The Hall–Kier alpha value is -2.70. The number of oxazole rings is 1. The van der Waals surface area contributed by atoms with Gasteiger partial charge in [0.2, 0.25) is 11.7 Å². The molecule has 2 unspecified atom stereocenters. The average Bonchev–Trinajstić information content (AvgIpc) is 3.31. The topological polar surface area (TPSA) is 61.6 Å². The number of aromatic nitrogens is 1. The van der Waals surface area contributed by atoms with Gasteiger partial charge >= 0.3 is 5.97 Å². The van der Waals surface area contributed by atoms with Crippen LogP contribution in [0.2, 0.25) is 18.1 Å². The third kappa shape index (κ3) is 5.03. The molecular weight excluding hydrogens is 442 g/mol. The van der Waals surface area contributed by atoms with Crippen LogP contribution < -0.4 is 0 Å². The molecule has 0 bridgehead atoms. The third-order valence-electron chi connectivity index (χ3n) is 7.39. The van der Waals surface area contributed by atoms with E-state index >= 15 is 0 Å². The number of ether oxygens (including phenoxy) is 1. The molecule has 6 heteroatoms. The lowest BCUT2D eigenvalue weighted by Crippen LogP contribution is -2.43. The van der Waals surface area contributed by atoms with Gasteiger partial charge in [-0.1, -0.05) is 69.3 Å². The van der Waals surface area contributed by atoms with Crippen LogP contribution >= 0.6 is 0 Å². The molecule has 0 amide bonds. The molecule has 1 aromatic heterocycles. The number of hydrogen-bond acceptors (Lipinski definition) is 5. The largest absolute Gasteiger partial charge is 0.463 e. The maximum atomic E-state index is 12.0. The highest BCUT2D eigenvalue weighted by atomic mass is 28.4. The zero-order valence-corrected chi connectivity index (χ0v) is 22.1. The van der Waals surface area contributed by atoms with Crippen molar-refractivity contribution in [1.82, 2.24) is 4.98 Å². The van der Waals surface area contributed by atoms with Gasteiger partial charge in [0, 0.05) is 0 Å². The monoisotopic (exact) mass is 477 g/mol. The number of fused-ring (bicyclic) bond motifs is 1. The molecule has 2 aromatic carbocycles. The lowest BCUT2D eigenvalue weighted by molar-refractivity contribution is 0.0534. The number of rotatable bonds is 6. The van der Waals surface area contributed by atoms with Gasteiger partial charge in [0.25, 0.3) is 0 Å².